The van der Waals surface area contributed by atoms with Crippen molar-refractivity contribution in [3.8, 4) is 11.3 Å². The van der Waals surface area contributed by atoms with Crippen LogP contribution in [0.25, 0.3) is 11.3 Å². The molecule has 16 heavy (non-hydrogen) atoms. The van der Waals surface area contributed by atoms with Crippen molar-refractivity contribution < 1.29 is 14.4 Å². The van der Waals surface area contributed by atoms with Crippen LogP contribution in [0.2, 0.25) is 10.2 Å². The second-order valence-corrected chi connectivity index (χ2v) is 3.77. The lowest BCUT2D eigenvalue weighted by molar-refractivity contribution is 0.0697. The van der Waals surface area contributed by atoms with Crippen molar-refractivity contribution in [1.82, 2.24) is 5.16 Å². The molecule has 2 rings (SSSR count). The lowest BCUT2D eigenvalue weighted by Crippen LogP contribution is -1.97. The van der Waals surface area contributed by atoms with Crippen LogP contribution < -0.4 is 0 Å². The molecule has 0 spiro atoms. The van der Waals surface area contributed by atoms with E-state index in [4.69, 9.17) is 28.3 Å². The van der Waals surface area contributed by atoms with Crippen molar-refractivity contribution in [2.75, 3.05) is 0 Å². The number of nitrogens with zero attached hydrogens (tertiary/aromatic N) is 1. The maximum atomic E-state index is 10.9. The average molecular weight is 258 g/mol. The number of halogens is 2. The third-order valence-electron chi connectivity index (χ3n) is 1.98. The molecule has 0 aliphatic carbocycles. The molecule has 4 nitrogen and oxygen atoms in total. The fourth-order valence-corrected chi connectivity index (χ4v) is 1.59. The number of rotatable bonds is 2. The van der Waals surface area contributed by atoms with Crippen LogP contribution in [0.1, 0.15) is 10.4 Å². The lowest BCUT2D eigenvalue weighted by Gasteiger charge is -1.97. The van der Waals surface area contributed by atoms with Crippen molar-refractivity contribution >= 4 is 29.2 Å². The molecule has 1 heterocycles. The molecule has 1 aromatic carbocycles. The number of aromatic carboxylic acids is 1. The zero-order valence-corrected chi connectivity index (χ0v) is 9.29. The summed E-state index contributed by atoms with van der Waals surface area (Å²) in [5.41, 5.74) is 0.621. The Bertz CT molecular complexity index is 533. The Balaban J connectivity index is 2.56. The average Bonchev–Trinajstić information content (AvgIpc) is 2.61. The van der Waals surface area contributed by atoms with Gasteiger partial charge in [-0.3, -0.25) is 0 Å². The number of benzene rings is 1. The predicted molar refractivity (Wildman–Crippen MR) is 58.9 cm³/mol. The molecule has 0 saturated carbocycles. The Morgan fingerprint density at radius 1 is 1.25 bits per heavy atom. The maximum Gasteiger partial charge on any atom is 0.342 e. The summed E-state index contributed by atoms with van der Waals surface area (Å²) in [5.74, 6) is -1.18. The Kier molecular flexibility index (Phi) is 2.85. The molecule has 82 valence electrons. The van der Waals surface area contributed by atoms with Gasteiger partial charge in [0.2, 0.25) is 5.22 Å². The summed E-state index contributed by atoms with van der Waals surface area (Å²) in [6.45, 7) is 0. The molecule has 0 bridgehead atoms. The standard InChI is InChI=1S/C10H5Cl2NO3/c11-6-3-1-5(2-4-6)8-7(10(14)15)9(12)16-13-8/h1-4H,(H,14,15). The normalized spacial score (nSPS) is 10.4. The highest BCUT2D eigenvalue weighted by Gasteiger charge is 2.22. The Hall–Kier alpha value is -1.52. The smallest absolute Gasteiger partial charge is 0.342 e. The number of carboxylic acid groups (broad SMARTS) is 1. The second-order valence-electron chi connectivity index (χ2n) is 2.99. The molecular weight excluding hydrogens is 253 g/mol. The topological polar surface area (TPSA) is 63.3 Å². The number of carboxylic acids is 1. The highest BCUT2D eigenvalue weighted by atomic mass is 35.5. The highest BCUT2D eigenvalue weighted by molar-refractivity contribution is 6.32. The van der Waals surface area contributed by atoms with Crippen LogP contribution in [-0.4, -0.2) is 16.2 Å². The van der Waals surface area contributed by atoms with E-state index in [9.17, 15) is 4.79 Å². The van der Waals surface area contributed by atoms with E-state index >= 15 is 0 Å². The minimum Gasteiger partial charge on any atom is -0.477 e. The fraction of sp³-hybridized carbons (Fsp3) is 0. The van der Waals surface area contributed by atoms with Crippen molar-refractivity contribution in [2.45, 2.75) is 0 Å². The third kappa shape index (κ3) is 1.89. The molecular formula is C10H5Cl2NO3. The fourth-order valence-electron chi connectivity index (χ4n) is 1.26. The SMILES string of the molecule is O=C(O)c1c(-c2ccc(Cl)cc2)noc1Cl. The molecule has 6 heteroatoms. The van der Waals surface area contributed by atoms with Gasteiger partial charge in [-0.15, -0.1) is 0 Å². The molecule has 2 aromatic rings. The lowest BCUT2D eigenvalue weighted by atomic mass is 10.1. The Labute approximate surface area is 100 Å². The van der Waals surface area contributed by atoms with Crippen LogP contribution in [-0.2, 0) is 0 Å². The van der Waals surface area contributed by atoms with Gasteiger partial charge < -0.3 is 9.63 Å². The third-order valence-corrected chi connectivity index (χ3v) is 2.49. The molecule has 0 atom stereocenters. The van der Waals surface area contributed by atoms with Crippen LogP contribution in [0.4, 0.5) is 0 Å². The first-order chi connectivity index (χ1) is 7.59. The Morgan fingerprint density at radius 2 is 1.88 bits per heavy atom. The van der Waals surface area contributed by atoms with E-state index in [1.165, 1.54) is 0 Å². The summed E-state index contributed by atoms with van der Waals surface area (Å²) in [6.07, 6.45) is 0. The number of hydrogen-bond acceptors (Lipinski definition) is 3. The van der Waals surface area contributed by atoms with E-state index < -0.39 is 5.97 Å². The summed E-state index contributed by atoms with van der Waals surface area (Å²) >= 11 is 11.3. The van der Waals surface area contributed by atoms with E-state index in [2.05, 4.69) is 9.68 Å². The van der Waals surface area contributed by atoms with Crippen molar-refractivity contribution in [2.24, 2.45) is 0 Å². The summed E-state index contributed by atoms with van der Waals surface area (Å²) < 4.78 is 4.64. The minimum absolute atomic E-state index is 0.149. The minimum atomic E-state index is -1.18. The molecule has 0 fully saturated rings. The number of carbonyl (C=O) groups is 1. The van der Waals surface area contributed by atoms with E-state index in [0.717, 1.165) is 0 Å². The first-order valence-electron chi connectivity index (χ1n) is 4.24. The zero-order valence-electron chi connectivity index (χ0n) is 7.78. The first-order valence-corrected chi connectivity index (χ1v) is 4.99. The largest absolute Gasteiger partial charge is 0.477 e. The van der Waals surface area contributed by atoms with E-state index in [-0.39, 0.29) is 16.5 Å². The van der Waals surface area contributed by atoms with Gasteiger partial charge in [0, 0.05) is 10.6 Å². The van der Waals surface area contributed by atoms with Gasteiger partial charge in [0.15, 0.2) is 0 Å². The van der Waals surface area contributed by atoms with E-state index in [1.54, 1.807) is 24.3 Å². The number of hydrogen-bond donors (Lipinski definition) is 1. The van der Waals surface area contributed by atoms with Crippen LogP contribution in [0.3, 0.4) is 0 Å². The van der Waals surface area contributed by atoms with Gasteiger partial charge in [-0.1, -0.05) is 28.9 Å². The molecule has 0 radical (unpaired) electrons. The molecule has 1 N–H and O–H groups in total. The van der Waals surface area contributed by atoms with Gasteiger partial charge in [-0.05, 0) is 23.7 Å². The van der Waals surface area contributed by atoms with E-state index in [1.807, 2.05) is 0 Å². The van der Waals surface area contributed by atoms with Crippen LogP contribution >= 0.6 is 23.2 Å². The van der Waals surface area contributed by atoms with Gasteiger partial charge in [0.25, 0.3) is 0 Å². The summed E-state index contributed by atoms with van der Waals surface area (Å²) in [6, 6.07) is 6.54. The molecule has 0 amide bonds. The predicted octanol–water partition coefficient (Wildman–Crippen LogP) is 3.35. The molecule has 1 aromatic heterocycles. The monoisotopic (exact) mass is 257 g/mol. The highest BCUT2D eigenvalue weighted by Crippen LogP contribution is 2.29. The molecule has 0 unspecified atom stereocenters. The van der Waals surface area contributed by atoms with Crippen molar-refractivity contribution in [3.05, 3.63) is 40.1 Å². The zero-order chi connectivity index (χ0) is 11.7. The summed E-state index contributed by atoms with van der Waals surface area (Å²) in [5, 5.41) is 12.9. The van der Waals surface area contributed by atoms with Crippen LogP contribution in [0.15, 0.2) is 28.8 Å². The molecule has 0 saturated heterocycles. The quantitative estimate of drug-likeness (QED) is 0.897. The van der Waals surface area contributed by atoms with Gasteiger partial charge in [-0.25, -0.2) is 4.79 Å². The van der Waals surface area contributed by atoms with Gasteiger partial charge >= 0.3 is 5.97 Å². The molecule has 0 aliphatic rings. The van der Waals surface area contributed by atoms with Gasteiger partial charge in [-0.2, -0.15) is 0 Å². The van der Waals surface area contributed by atoms with E-state index in [0.29, 0.717) is 10.6 Å². The molecule has 0 aliphatic heterocycles. The summed E-state index contributed by atoms with van der Waals surface area (Å²) in [7, 11) is 0. The second kappa shape index (κ2) is 4.15. The number of aromatic nitrogens is 1. The van der Waals surface area contributed by atoms with Gasteiger partial charge in [0.1, 0.15) is 11.3 Å². The van der Waals surface area contributed by atoms with Crippen LogP contribution in [0, 0.1) is 0 Å². The van der Waals surface area contributed by atoms with Gasteiger partial charge in [0.05, 0.1) is 0 Å². The Morgan fingerprint density at radius 3 is 2.44 bits per heavy atom. The summed E-state index contributed by atoms with van der Waals surface area (Å²) in [4.78, 5) is 10.9. The van der Waals surface area contributed by atoms with Crippen LogP contribution in [0.5, 0.6) is 0 Å². The van der Waals surface area contributed by atoms with Crippen molar-refractivity contribution in [1.29, 1.82) is 0 Å². The van der Waals surface area contributed by atoms with Crippen molar-refractivity contribution in [3.63, 3.8) is 0 Å². The maximum absolute atomic E-state index is 10.9. The first kappa shape index (κ1) is 11.0.